The minimum absolute atomic E-state index is 0.0490. The third-order valence-electron chi connectivity index (χ3n) is 3.99. The molecule has 1 aliphatic rings. The predicted octanol–water partition coefficient (Wildman–Crippen LogP) is 0.883. The van der Waals surface area contributed by atoms with Crippen LogP contribution in [0.2, 0.25) is 0 Å². The fourth-order valence-electron chi connectivity index (χ4n) is 2.47. The van der Waals surface area contributed by atoms with Gasteiger partial charge in [-0.3, -0.25) is 9.69 Å². The molecule has 1 aromatic rings. The van der Waals surface area contributed by atoms with Crippen molar-refractivity contribution >= 4 is 5.91 Å². The van der Waals surface area contributed by atoms with E-state index in [9.17, 15) is 4.79 Å². The Morgan fingerprint density at radius 3 is 2.80 bits per heavy atom. The lowest BCUT2D eigenvalue weighted by Gasteiger charge is -2.18. The Bertz CT molecular complexity index is 499. The molecule has 1 heterocycles. The fraction of sp³-hybridized carbons (Fsp3) is 0.667. The summed E-state index contributed by atoms with van der Waals surface area (Å²) in [5.41, 5.74) is 3.65. The predicted molar refractivity (Wildman–Crippen MR) is 78.7 cm³/mol. The third-order valence-corrected chi connectivity index (χ3v) is 3.99. The maximum Gasteiger partial charge on any atom is 0.237 e. The van der Waals surface area contributed by atoms with Crippen LogP contribution in [0.25, 0.3) is 0 Å². The summed E-state index contributed by atoms with van der Waals surface area (Å²) in [6.07, 6.45) is 4.06. The Labute approximate surface area is 120 Å². The quantitative estimate of drug-likeness (QED) is 0.867. The molecule has 1 atom stereocenters. The number of nitrogens with one attached hydrogen (secondary N) is 1. The lowest BCUT2D eigenvalue weighted by molar-refractivity contribution is -0.124. The van der Waals surface area contributed by atoms with Gasteiger partial charge in [-0.1, -0.05) is 0 Å². The summed E-state index contributed by atoms with van der Waals surface area (Å²) < 4.78 is 0. The van der Waals surface area contributed by atoms with Gasteiger partial charge in [0.05, 0.1) is 6.04 Å². The number of likely N-dealkylation sites (N-methyl/N-ethyl adjacent to an activating group) is 1. The number of aromatic nitrogens is 2. The van der Waals surface area contributed by atoms with E-state index in [0.29, 0.717) is 13.0 Å². The van der Waals surface area contributed by atoms with Gasteiger partial charge in [-0.25, -0.2) is 9.97 Å². The average Bonchev–Trinajstić information content (AvgIpc) is 2.86. The summed E-state index contributed by atoms with van der Waals surface area (Å²) in [5, 5.41) is 2.94. The Morgan fingerprint density at radius 2 is 2.10 bits per heavy atom. The first kappa shape index (κ1) is 14.9. The highest BCUT2D eigenvalue weighted by Crippen LogP contribution is 2.22. The second kappa shape index (κ2) is 6.31. The Hall–Kier alpha value is -1.49. The van der Waals surface area contributed by atoms with Crippen molar-refractivity contribution in [3.8, 4) is 0 Å². The molecule has 110 valence electrons. The first-order chi connectivity index (χ1) is 9.49. The summed E-state index contributed by atoms with van der Waals surface area (Å²) in [6, 6.07) is -0.113. The average molecular weight is 276 g/mol. The van der Waals surface area contributed by atoms with Crippen molar-refractivity contribution in [1.29, 1.82) is 0 Å². The first-order valence-corrected chi connectivity index (χ1v) is 7.28. The van der Waals surface area contributed by atoms with Gasteiger partial charge in [0.1, 0.15) is 5.82 Å². The second-order valence-electron chi connectivity index (χ2n) is 5.68. The van der Waals surface area contributed by atoms with Crippen molar-refractivity contribution in [3.05, 3.63) is 22.8 Å². The number of nitrogens with zero attached hydrogens (tertiary/aromatic N) is 3. The molecule has 1 aliphatic carbocycles. The maximum atomic E-state index is 11.8. The summed E-state index contributed by atoms with van der Waals surface area (Å²) in [6.45, 7) is 4.54. The van der Waals surface area contributed by atoms with Crippen molar-refractivity contribution < 1.29 is 4.79 Å². The van der Waals surface area contributed by atoms with Crippen LogP contribution in [0, 0.1) is 6.92 Å². The molecule has 0 saturated carbocycles. The van der Waals surface area contributed by atoms with E-state index in [1.807, 2.05) is 25.9 Å². The summed E-state index contributed by atoms with van der Waals surface area (Å²) in [7, 11) is 3.80. The summed E-state index contributed by atoms with van der Waals surface area (Å²) >= 11 is 0. The van der Waals surface area contributed by atoms with Crippen LogP contribution in [-0.2, 0) is 24.1 Å². The van der Waals surface area contributed by atoms with Crippen LogP contribution in [0.3, 0.4) is 0 Å². The molecule has 0 aliphatic heterocycles. The number of fused-ring (bicyclic) bond motifs is 1. The van der Waals surface area contributed by atoms with Gasteiger partial charge in [-0.2, -0.15) is 0 Å². The van der Waals surface area contributed by atoms with E-state index < -0.39 is 0 Å². The maximum absolute atomic E-state index is 11.8. The molecule has 0 saturated heterocycles. The number of aryl methyl sites for hydroxylation is 2. The van der Waals surface area contributed by atoms with Gasteiger partial charge in [0, 0.05) is 24.4 Å². The van der Waals surface area contributed by atoms with Crippen LogP contribution in [-0.4, -0.2) is 47.5 Å². The molecule has 1 N–H and O–H groups in total. The Kier molecular flexibility index (Phi) is 4.70. The topological polar surface area (TPSA) is 58.1 Å². The highest BCUT2D eigenvalue weighted by Gasteiger charge is 2.17. The largest absolute Gasteiger partial charge is 0.354 e. The van der Waals surface area contributed by atoms with E-state index >= 15 is 0 Å². The number of hydrogen-bond donors (Lipinski definition) is 1. The van der Waals surface area contributed by atoms with Crippen molar-refractivity contribution in [2.45, 2.75) is 45.6 Å². The molecule has 0 bridgehead atoms. The van der Waals surface area contributed by atoms with E-state index in [1.165, 1.54) is 17.7 Å². The summed E-state index contributed by atoms with van der Waals surface area (Å²) in [4.78, 5) is 22.9. The van der Waals surface area contributed by atoms with E-state index in [0.717, 1.165) is 24.4 Å². The Morgan fingerprint density at radius 1 is 1.35 bits per heavy atom. The lowest BCUT2D eigenvalue weighted by Crippen LogP contribution is -2.42. The van der Waals surface area contributed by atoms with Crippen molar-refractivity contribution in [2.75, 3.05) is 20.6 Å². The molecule has 2 rings (SSSR count). The first-order valence-electron chi connectivity index (χ1n) is 7.28. The number of carbonyl (C=O) groups excluding carboxylic acids is 1. The van der Waals surface area contributed by atoms with E-state index in [-0.39, 0.29) is 11.9 Å². The highest BCUT2D eigenvalue weighted by atomic mass is 16.2. The van der Waals surface area contributed by atoms with E-state index in [4.69, 9.17) is 0 Å². The van der Waals surface area contributed by atoms with Gasteiger partial charge >= 0.3 is 0 Å². The molecule has 0 aromatic carbocycles. The van der Waals surface area contributed by atoms with E-state index in [2.05, 4.69) is 22.2 Å². The molecule has 5 nitrogen and oxygen atoms in total. The number of rotatable bonds is 5. The van der Waals surface area contributed by atoms with Gasteiger partial charge < -0.3 is 5.32 Å². The minimum atomic E-state index is -0.113. The van der Waals surface area contributed by atoms with Crippen LogP contribution in [0.15, 0.2) is 0 Å². The second-order valence-corrected chi connectivity index (χ2v) is 5.68. The molecule has 20 heavy (non-hydrogen) atoms. The Balaban J connectivity index is 1.89. The number of hydrogen-bond acceptors (Lipinski definition) is 4. The van der Waals surface area contributed by atoms with Gasteiger partial charge in [-0.05, 0) is 52.8 Å². The molecule has 1 amide bonds. The molecule has 0 radical (unpaired) electrons. The molecular weight excluding hydrogens is 252 g/mol. The fourth-order valence-corrected chi connectivity index (χ4v) is 2.47. The highest BCUT2D eigenvalue weighted by molar-refractivity contribution is 5.81. The zero-order valence-electron chi connectivity index (χ0n) is 12.9. The van der Waals surface area contributed by atoms with Gasteiger partial charge in [0.15, 0.2) is 0 Å². The lowest BCUT2D eigenvalue weighted by atomic mass is 10.2. The molecule has 0 fully saturated rings. The third kappa shape index (κ3) is 3.33. The molecular formula is C15H24N4O. The van der Waals surface area contributed by atoms with Crippen molar-refractivity contribution in [2.24, 2.45) is 0 Å². The van der Waals surface area contributed by atoms with Gasteiger partial charge in [-0.15, -0.1) is 0 Å². The van der Waals surface area contributed by atoms with E-state index in [1.54, 1.807) is 0 Å². The standard InChI is InChI=1S/C15H24N4O/c1-10-12-6-5-7-13(12)18-14(17-10)8-9-16-15(20)11(2)19(3)4/h11H,5-9H2,1-4H3,(H,16,20)/t11-/m1/s1. The SMILES string of the molecule is Cc1nc(CCNC(=O)[C@@H](C)N(C)C)nc2c1CCC2. The number of carbonyl (C=O) groups is 1. The van der Waals surface area contributed by atoms with Crippen LogP contribution in [0.1, 0.15) is 36.1 Å². The minimum Gasteiger partial charge on any atom is -0.354 e. The van der Waals surface area contributed by atoms with Crippen LogP contribution >= 0.6 is 0 Å². The molecule has 0 spiro atoms. The molecule has 1 aromatic heterocycles. The smallest absolute Gasteiger partial charge is 0.237 e. The number of amides is 1. The monoisotopic (exact) mass is 276 g/mol. The zero-order chi connectivity index (χ0) is 14.7. The zero-order valence-corrected chi connectivity index (χ0v) is 12.9. The summed E-state index contributed by atoms with van der Waals surface area (Å²) in [5.74, 6) is 0.897. The van der Waals surface area contributed by atoms with Crippen LogP contribution in [0.4, 0.5) is 0 Å². The van der Waals surface area contributed by atoms with Gasteiger partial charge in [0.25, 0.3) is 0 Å². The van der Waals surface area contributed by atoms with Crippen molar-refractivity contribution in [1.82, 2.24) is 20.2 Å². The molecule has 0 unspecified atom stereocenters. The van der Waals surface area contributed by atoms with Crippen molar-refractivity contribution in [3.63, 3.8) is 0 Å². The molecule has 5 heteroatoms. The van der Waals surface area contributed by atoms with Crippen LogP contribution < -0.4 is 5.32 Å². The normalized spacial score (nSPS) is 15.2. The van der Waals surface area contributed by atoms with Crippen LogP contribution in [0.5, 0.6) is 0 Å². The van der Waals surface area contributed by atoms with Gasteiger partial charge in [0.2, 0.25) is 5.91 Å².